The minimum absolute atomic E-state index is 0.0277. The molecule has 120 valence electrons. The number of hydrogen-bond donors (Lipinski definition) is 1. The van der Waals surface area contributed by atoms with Crippen LogP contribution in [-0.2, 0) is 20.6 Å². The molecule has 0 spiro atoms. The summed E-state index contributed by atoms with van der Waals surface area (Å²) in [5.41, 5.74) is 8.66. The third kappa shape index (κ3) is 7.05. The topological polar surface area (TPSA) is 53.7 Å². The van der Waals surface area contributed by atoms with Gasteiger partial charge in [-0.1, -0.05) is 31.2 Å². The summed E-state index contributed by atoms with van der Waals surface area (Å²) in [5.74, 6) is 0. The van der Waals surface area contributed by atoms with Gasteiger partial charge in [0.2, 0.25) is 0 Å². The lowest BCUT2D eigenvalue weighted by Crippen LogP contribution is -2.27. The van der Waals surface area contributed by atoms with Gasteiger partial charge in [-0.05, 0) is 30.9 Å². The van der Waals surface area contributed by atoms with Crippen LogP contribution in [0.4, 0.5) is 0 Å². The molecular weight excluding hydrogens is 266 g/mol. The maximum atomic E-state index is 6.23. The lowest BCUT2D eigenvalue weighted by Gasteiger charge is -2.21. The molecule has 0 aliphatic rings. The third-order valence-electron chi connectivity index (χ3n) is 3.52. The van der Waals surface area contributed by atoms with Gasteiger partial charge < -0.3 is 19.9 Å². The number of ether oxygens (including phenoxy) is 3. The molecule has 0 amide bonds. The lowest BCUT2D eigenvalue weighted by atomic mass is 10.0. The standard InChI is InChI=1S/C17H29NO3/c1-4-15-6-8-16(9-7-15)17(18)14(2)21-13-12-20-11-5-10-19-3/h6-9,14,17H,4-5,10-13,18H2,1-3H3. The highest BCUT2D eigenvalue weighted by atomic mass is 16.5. The van der Waals surface area contributed by atoms with Crippen LogP contribution in [0.3, 0.4) is 0 Å². The Labute approximate surface area is 128 Å². The van der Waals surface area contributed by atoms with Gasteiger partial charge in [0.05, 0.1) is 25.4 Å². The van der Waals surface area contributed by atoms with Crippen molar-refractivity contribution in [2.24, 2.45) is 5.73 Å². The Bertz CT molecular complexity index is 367. The van der Waals surface area contributed by atoms with Crippen LogP contribution in [0.25, 0.3) is 0 Å². The van der Waals surface area contributed by atoms with E-state index in [1.54, 1.807) is 7.11 Å². The van der Waals surface area contributed by atoms with Crippen LogP contribution >= 0.6 is 0 Å². The molecule has 0 radical (unpaired) electrons. The predicted molar refractivity (Wildman–Crippen MR) is 85.5 cm³/mol. The molecule has 0 fully saturated rings. The van der Waals surface area contributed by atoms with Crippen molar-refractivity contribution in [1.82, 2.24) is 0 Å². The Morgan fingerprint density at radius 2 is 1.76 bits per heavy atom. The summed E-state index contributed by atoms with van der Waals surface area (Å²) in [6, 6.07) is 8.32. The van der Waals surface area contributed by atoms with Crippen LogP contribution in [0.1, 0.15) is 37.4 Å². The first-order valence-electron chi connectivity index (χ1n) is 7.71. The molecule has 1 rings (SSSR count). The Morgan fingerprint density at radius 3 is 2.38 bits per heavy atom. The molecule has 0 bridgehead atoms. The second kappa shape index (κ2) is 10.7. The van der Waals surface area contributed by atoms with Crippen LogP contribution in [-0.4, -0.2) is 39.6 Å². The van der Waals surface area contributed by atoms with Gasteiger partial charge in [-0.3, -0.25) is 0 Å². The maximum absolute atomic E-state index is 6.23. The van der Waals surface area contributed by atoms with E-state index in [1.165, 1.54) is 5.56 Å². The minimum Gasteiger partial charge on any atom is -0.385 e. The Morgan fingerprint density at radius 1 is 1.05 bits per heavy atom. The lowest BCUT2D eigenvalue weighted by molar-refractivity contribution is -0.00117. The monoisotopic (exact) mass is 295 g/mol. The molecule has 4 heteroatoms. The van der Waals surface area contributed by atoms with E-state index in [1.807, 2.05) is 6.92 Å². The number of rotatable bonds is 11. The molecule has 0 aliphatic carbocycles. The van der Waals surface area contributed by atoms with Gasteiger partial charge in [0.25, 0.3) is 0 Å². The molecule has 0 aromatic heterocycles. The van der Waals surface area contributed by atoms with Gasteiger partial charge in [-0.15, -0.1) is 0 Å². The first-order chi connectivity index (χ1) is 10.2. The summed E-state index contributed by atoms with van der Waals surface area (Å²) in [7, 11) is 1.69. The quantitative estimate of drug-likeness (QED) is 0.638. The van der Waals surface area contributed by atoms with Crippen LogP contribution in [0.15, 0.2) is 24.3 Å². The van der Waals surface area contributed by atoms with Crippen molar-refractivity contribution in [1.29, 1.82) is 0 Å². The van der Waals surface area contributed by atoms with E-state index in [-0.39, 0.29) is 12.1 Å². The maximum Gasteiger partial charge on any atom is 0.0740 e. The molecule has 2 atom stereocenters. The van der Waals surface area contributed by atoms with Crippen LogP contribution < -0.4 is 5.73 Å². The van der Waals surface area contributed by atoms with Gasteiger partial charge >= 0.3 is 0 Å². The Balaban J connectivity index is 2.22. The van der Waals surface area contributed by atoms with Gasteiger partial charge in [-0.2, -0.15) is 0 Å². The van der Waals surface area contributed by atoms with E-state index < -0.39 is 0 Å². The summed E-state index contributed by atoms with van der Waals surface area (Å²) >= 11 is 0. The first-order valence-corrected chi connectivity index (χ1v) is 7.71. The zero-order valence-corrected chi connectivity index (χ0v) is 13.5. The fourth-order valence-electron chi connectivity index (χ4n) is 2.05. The van der Waals surface area contributed by atoms with E-state index >= 15 is 0 Å². The second-order valence-corrected chi connectivity index (χ2v) is 5.16. The highest BCUT2D eigenvalue weighted by molar-refractivity contribution is 5.25. The average molecular weight is 295 g/mol. The van der Waals surface area contributed by atoms with Gasteiger partial charge in [0.1, 0.15) is 0 Å². The molecule has 1 aromatic carbocycles. The number of hydrogen-bond acceptors (Lipinski definition) is 4. The summed E-state index contributed by atoms with van der Waals surface area (Å²) in [5, 5.41) is 0. The zero-order valence-electron chi connectivity index (χ0n) is 13.5. The van der Waals surface area contributed by atoms with Gasteiger partial charge in [-0.25, -0.2) is 0 Å². The third-order valence-corrected chi connectivity index (χ3v) is 3.52. The molecule has 0 saturated carbocycles. The molecule has 21 heavy (non-hydrogen) atoms. The van der Waals surface area contributed by atoms with E-state index in [9.17, 15) is 0 Å². The fourth-order valence-corrected chi connectivity index (χ4v) is 2.05. The highest BCUT2D eigenvalue weighted by Gasteiger charge is 2.15. The van der Waals surface area contributed by atoms with Crippen molar-refractivity contribution >= 4 is 0 Å². The smallest absolute Gasteiger partial charge is 0.0740 e. The number of methoxy groups -OCH3 is 1. The Kier molecular flexibility index (Phi) is 9.26. The second-order valence-electron chi connectivity index (χ2n) is 5.16. The average Bonchev–Trinajstić information content (AvgIpc) is 2.53. The van der Waals surface area contributed by atoms with Crippen LogP contribution in [0.2, 0.25) is 0 Å². The minimum atomic E-state index is -0.107. The van der Waals surface area contributed by atoms with Gasteiger partial charge in [0, 0.05) is 20.3 Å². The number of benzene rings is 1. The normalized spacial score (nSPS) is 14.1. The molecule has 4 nitrogen and oxygen atoms in total. The zero-order chi connectivity index (χ0) is 15.5. The summed E-state index contributed by atoms with van der Waals surface area (Å²) < 4.78 is 16.2. The first kappa shape index (κ1) is 18.1. The van der Waals surface area contributed by atoms with Crippen molar-refractivity contribution in [3.63, 3.8) is 0 Å². The molecule has 0 saturated heterocycles. The van der Waals surface area contributed by atoms with Crippen molar-refractivity contribution in [3.05, 3.63) is 35.4 Å². The van der Waals surface area contributed by atoms with Crippen LogP contribution in [0, 0.1) is 0 Å². The molecule has 0 heterocycles. The summed E-state index contributed by atoms with van der Waals surface area (Å²) in [6.45, 7) is 6.74. The fraction of sp³-hybridized carbons (Fsp3) is 0.647. The van der Waals surface area contributed by atoms with Crippen molar-refractivity contribution in [3.8, 4) is 0 Å². The summed E-state index contributed by atoms with van der Waals surface area (Å²) in [4.78, 5) is 0. The van der Waals surface area contributed by atoms with Gasteiger partial charge in [0.15, 0.2) is 0 Å². The van der Waals surface area contributed by atoms with Crippen molar-refractivity contribution in [2.75, 3.05) is 33.5 Å². The van der Waals surface area contributed by atoms with E-state index in [0.717, 1.165) is 25.0 Å². The van der Waals surface area contributed by atoms with Crippen LogP contribution in [0.5, 0.6) is 0 Å². The SMILES string of the molecule is CCc1ccc(C(N)C(C)OCCOCCCOC)cc1. The molecule has 1 aromatic rings. The highest BCUT2D eigenvalue weighted by Crippen LogP contribution is 2.17. The molecular formula is C17H29NO3. The largest absolute Gasteiger partial charge is 0.385 e. The summed E-state index contributed by atoms with van der Waals surface area (Å²) in [6.07, 6.45) is 1.93. The van der Waals surface area contributed by atoms with Crippen molar-refractivity contribution in [2.45, 2.75) is 38.8 Å². The molecule has 2 N–H and O–H groups in total. The van der Waals surface area contributed by atoms with E-state index in [2.05, 4.69) is 31.2 Å². The Hall–Kier alpha value is -0.940. The molecule has 2 unspecified atom stereocenters. The number of nitrogens with two attached hydrogens (primary N) is 1. The van der Waals surface area contributed by atoms with E-state index in [0.29, 0.717) is 19.8 Å². The predicted octanol–water partition coefficient (Wildman–Crippen LogP) is 2.71. The van der Waals surface area contributed by atoms with E-state index in [4.69, 9.17) is 19.9 Å². The molecule has 0 aliphatic heterocycles. The number of aryl methyl sites for hydroxylation is 1. The van der Waals surface area contributed by atoms with Crippen molar-refractivity contribution < 1.29 is 14.2 Å².